The average Bonchev–Trinajstić information content (AvgIpc) is 3.70. The summed E-state index contributed by atoms with van der Waals surface area (Å²) in [6.45, 7) is 4.49. The van der Waals surface area contributed by atoms with Crippen molar-refractivity contribution in [3.8, 4) is 45.3 Å². The van der Waals surface area contributed by atoms with Gasteiger partial charge in [0.25, 0.3) is 0 Å². The number of hydrogen-bond acceptors (Lipinski definition) is 8. The van der Waals surface area contributed by atoms with Gasteiger partial charge in [0, 0.05) is 103 Å². The van der Waals surface area contributed by atoms with Gasteiger partial charge >= 0.3 is 0 Å². The largest absolute Gasteiger partial charge is 0.496 e. The molecule has 3 saturated heterocycles. The molecular weight excluding hydrogens is 663 g/mol. The van der Waals surface area contributed by atoms with Gasteiger partial charge in [0.05, 0.1) is 35.7 Å². The molecule has 2 aromatic carbocycles. The molecule has 3 fully saturated rings. The Labute approximate surface area is 295 Å². The predicted octanol–water partition coefficient (Wildman–Crippen LogP) is 5.49. The number of benzene rings is 2. The molecule has 7 rings (SSSR count). The first-order chi connectivity index (χ1) is 23.8. The van der Waals surface area contributed by atoms with Gasteiger partial charge in [-0.3, -0.25) is 19.5 Å². The number of pyridine rings is 2. The molecule has 3 aliphatic heterocycles. The van der Waals surface area contributed by atoms with Crippen LogP contribution < -0.4 is 25.4 Å². The zero-order chi connectivity index (χ0) is 34.1. The van der Waals surface area contributed by atoms with Crippen LogP contribution in [0.25, 0.3) is 33.6 Å². The standard InChI is InChI=1S/C37H38Cl2N6O4/c1-48-30-14-22(6-7-24(30)18-45-20-37(21-45)15-32(47)42-19-37)35-34(39)27(12-13-41-35)26-4-3-5-28(33(26)38)29-10-8-23(36(44-29)49-2)16-40-17-25-9-11-31(46)43-25/h3-8,10,12-14,25,40H,9,11,15-21H2,1-2H3,(H,42,47)(H,43,46)/t25-/m0/s1. The monoisotopic (exact) mass is 700 g/mol. The van der Waals surface area contributed by atoms with Crippen molar-refractivity contribution < 1.29 is 19.1 Å². The summed E-state index contributed by atoms with van der Waals surface area (Å²) >= 11 is 14.2. The fourth-order valence-electron chi connectivity index (χ4n) is 7.19. The number of nitrogens with one attached hydrogen (secondary N) is 3. The van der Waals surface area contributed by atoms with Gasteiger partial charge in [-0.25, -0.2) is 4.98 Å². The molecule has 3 N–H and O–H groups in total. The highest BCUT2D eigenvalue weighted by Crippen LogP contribution is 2.43. The zero-order valence-corrected chi connectivity index (χ0v) is 29.0. The number of hydrogen-bond donors (Lipinski definition) is 3. The van der Waals surface area contributed by atoms with Crippen LogP contribution in [0.15, 0.2) is 60.8 Å². The molecule has 49 heavy (non-hydrogen) atoms. The number of rotatable bonds is 11. The fourth-order valence-corrected chi connectivity index (χ4v) is 7.83. The van der Waals surface area contributed by atoms with Crippen LogP contribution in [0.1, 0.15) is 30.4 Å². The first-order valence-corrected chi connectivity index (χ1v) is 17.2. The molecule has 2 aromatic heterocycles. The molecule has 3 aliphatic rings. The summed E-state index contributed by atoms with van der Waals surface area (Å²) in [6.07, 6.45) is 3.74. The summed E-state index contributed by atoms with van der Waals surface area (Å²) in [7, 11) is 3.27. The third kappa shape index (κ3) is 6.83. The van der Waals surface area contributed by atoms with E-state index in [1.165, 1.54) is 0 Å². The summed E-state index contributed by atoms with van der Waals surface area (Å²) in [4.78, 5) is 35.0. The molecule has 0 saturated carbocycles. The van der Waals surface area contributed by atoms with E-state index >= 15 is 0 Å². The van der Waals surface area contributed by atoms with Crippen LogP contribution in [0.3, 0.4) is 0 Å². The minimum Gasteiger partial charge on any atom is -0.496 e. The van der Waals surface area contributed by atoms with Gasteiger partial charge in [0.15, 0.2) is 0 Å². The van der Waals surface area contributed by atoms with Crippen molar-refractivity contribution in [2.45, 2.75) is 38.4 Å². The number of aromatic nitrogens is 2. The van der Waals surface area contributed by atoms with Crippen molar-refractivity contribution >= 4 is 35.0 Å². The highest BCUT2D eigenvalue weighted by atomic mass is 35.5. The molecule has 1 spiro atoms. The smallest absolute Gasteiger partial charge is 0.220 e. The number of ether oxygens (including phenoxy) is 2. The van der Waals surface area contributed by atoms with Gasteiger partial charge in [-0.2, -0.15) is 0 Å². The van der Waals surface area contributed by atoms with E-state index in [1.807, 2.05) is 48.5 Å². The number of likely N-dealkylation sites (tertiary alicyclic amines) is 1. The number of halogens is 2. The maximum absolute atomic E-state index is 11.7. The van der Waals surface area contributed by atoms with Crippen LogP contribution in [-0.4, -0.2) is 73.1 Å². The second-order valence-electron chi connectivity index (χ2n) is 13.1. The highest BCUT2D eigenvalue weighted by Gasteiger charge is 2.47. The van der Waals surface area contributed by atoms with E-state index in [4.69, 9.17) is 37.7 Å². The van der Waals surface area contributed by atoms with Crippen molar-refractivity contribution in [1.82, 2.24) is 30.8 Å². The summed E-state index contributed by atoms with van der Waals surface area (Å²) < 4.78 is 11.5. The molecule has 0 bridgehead atoms. The molecule has 2 amide bonds. The first kappa shape index (κ1) is 33.3. The molecule has 5 heterocycles. The lowest BCUT2D eigenvalue weighted by Crippen LogP contribution is -2.56. The molecule has 12 heteroatoms. The fraction of sp³-hybridized carbons (Fsp3) is 0.351. The molecule has 0 aliphatic carbocycles. The average molecular weight is 702 g/mol. The van der Waals surface area contributed by atoms with E-state index in [2.05, 4.69) is 31.9 Å². The Morgan fingerprint density at radius 3 is 2.49 bits per heavy atom. The number of methoxy groups -OCH3 is 2. The minimum absolute atomic E-state index is 0.0699. The van der Waals surface area contributed by atoms with E-state index in [-0.39, 0.29) is 23.3 Å². The molecule has 0 radical (unpaired) electrons. The van der Waals surface area contributed by atoms with Crippen molar-refractivity contribution in [3.63, 3.8) is 0 Å². The first-order valence-electron chi connectivity index (χ1n) is 16.4. The second-order valence-corrected chi connectivity index (χ2v) is 13.9. The van der Waals surface area contributed by atoms with Crippen molar-refractivity contribution in [2.24, 2.45) is 5.41 Å². The number of carbonyl (C=O) groups excluding carboxylic acids is 2. The van der Waals surface area contributed by atoms with Gasteiger partial charge < -0.3 is 25.4 Å². The van der Waals surface area contributed by atoms with Crippen molar-refractivity contribution in [1.29, 1.82) is 0 Å². The number of nitrogens with zero attached hydrogens (tertiary/aromatic N) is 3. The second kappa shape index (κ2) is 14.0. The topological polar surface area (TPSA) is 118 Å². The van der Waals surface area contributed by atoms with Crippen LogP contribution in [0.5, 0.6) is 11.6 Å². The Bertz CT molecular complexity index is 1910. The summed E-state index contributed by atoms with van der Waals surface area (Å²) in [5.74, 6) is 1.50. The molecule has 10 nitrogen and oxygen atoms in total. The molecule has 4 aromatic rings. The van der Waals surface area contributed by atoms with Crippen LogP contribution in [0, 0.1) is 5.41 Å². The maximum Gasteiger partial charge on any atom is 0.220 e. The normalized spacial score (nSPS) is 18.3. The van der Waals surface area contributed by atoms with Gasteiger partial charge in [-0.1, -0.05) is 59.6 Å². The van der Waals surface area contributed by atoms with Crippen LogP contribution in [0.4, 0.5) is 0 Å². The van der Waals surface area contributed by atoms with E-state index in [0.717, 1.165) is 71.7 Å². The van der Waals surface area contributed by atoms with Gasteiger partial charge in [0.2, 0.25) is 17.7 Å². The highest BCUT2D eigenvalue weighted by molar-refractivity contribution is 6.39. The summed E-state index contributed by atoms with van der Waals surface area (Å²) in [5.41, 5.74) is 6.42. The van der Waals surface area contributed by atoms with Gasteiger partial charge in [0.1, 0.15) is 5.75 Å². The van der Waals surface area contributed by atoms with Gasteiger partial charge in [-0.05, 0) is 24.6 Å². The lowest BCUT2D eigenvalue weighted by molar-refractivity contribution is -0.121. The van der Waals surface area contributed by atoms with Crippen molar-refractivity contribution in [2.75, 3.05) is 40.4 Å². The van der Waals surface area contributed by atoms with Gasteiger partial charge in [-0.15, -0.1) is 0 Å². The van der Waals surface area contributed by atoms with E-state index in [0.29, 0.717) is 53.2 Å². The SMILES string of the molecule is COc1cc(-c2nccc(-c3cccc(-c4ccc(CNC[C@@H]5CCC(=O)N5)c(OC)n4)c3Cl)c2Cl)ccc1CN1CC2(CNC(=O)C2)C1. The third-order valence-corrected chi connectivity index (χ3v) is 10.4. The maximum atomic E-state index is 11.7. The summed E-state index contributed by atoms with van der Waals surface area (Å²) in [6, 6.07) is 17.7. The van der Waals surface area contributed by atoms with Crippen molar-refractivity contribution in [3.05, 3.63) is 82.0 Å². The van der Waals surface area contributed by atoms with Crippen LogP contribution in [0.2, 0.25) is 10.0 Å². The number of carbonyl (C=O) groups is 2. The number of amides is 2. The summed E-state index contributed by atoms with van der Waals surface area (Å²) in [5, 5.41) is 10.3. The Morgan fingerprint density at radius 2 is 1.76 bits per heavy atom. The Balaban J connectivity index is 1.10. The Morgan fingerprint density at radius 1 is 0.959 bits per heavy atom. The van der Waals surface area contributed by atoms with E-state index in [9.17, 15) is 9.59 Å². The lowest BCUT2D eigenvalue weighted by atomic mass is 9.79. The Hall–Kier alpha value is -4.22. The molecule has 254 valence electrons. The third-order valence-electron chi connectivity index (χ3n) is 9.65. The molecule has 1 atom stereocenters. The quantitative estimate of drug-likeness (QED) is 0.188. The Kier molecular flexibility index (Phi) is 9.48. The van der Waals surface area contributed by atoms with Crippen LogP contribution in [-0.2, 0) is 22.7 Å². The van der Waals surface area contributed by atoms with E-state index < -0.39 is 0 Å². The molecule has 0 unspecified atom stereocenters. The van der Waals surface area contributed by atoms with E-state index in [1.54, 1.807) is 20.4 Å². The van der Waals surface area contributed by atoms with Crippen LogP contribution >= 0.6 is 23.2 Å². The molecular formula is C37H38Cl2N6O4. The zero-order valence-electron chi connectivity index (χ0n) is 27.4. The minimum atomic E-state index is 0.0699. The predicted molar refractivity (Wildman–Crippen MR) is 190 cm³/mol. The lowest BCUT2D eigenvalue weighted by Gasteiger charge is -2.47.